The molecule has 1 heterocycles. The fourth-order valence-electron chi connectivity index (χ4n) is 4.54. The molecule has 1 aliphatic heterocycles. The molecule has 34 heavy (non-hydrogen) atoms. The van der Waals surface area contributed by atoms with E-state index in [1.165, 1.54) is 26.8 Å². The van der Waals surface area contributed by atoms with Crippen LogP contribution >= 0.6 is 0 Å². The first kappa shape index (κ1) is 21.4. The molecular weight excluding hydrogens is 440 g/mol. The molecule has 0 radical (unpaired) electrons. The number of hydrogen-bond acceptors (Lipinski definition) is 8. The number of allylic oxidation sites excluding steroid dienone is 1. The van der Waals surface area contributed by atoms with Gasteiger partial charge in [-0.25, -0.2) is 0 Å². The number of carbonyl (C=O) groups is 4. The Morgan fingerprint density at radius 3 is 2.03 bits per heavy atom. The van der Waals surface area contributed by atoms with E-state index in [1.54, 1.807) is 48.5 Å². The van der Waals surface area contributed by atoms with Gasteiger partial charge in [-0.15, -0.1) is 0 Å². The maximum absolute atomic E-state index is 12.7. The van der Waals surface area contributed by atoms with Gasteiger partial charge in [0.1, 0.15) is 23.0 Å². The average Bonchev–Trinajstić information content (AvgIpc) is 3.08. The number of fused-ring (bicyclic) bond motifs is 3. The van der Waals surface area contributed by atoms with Crippen molar-refractivity contribution in [2.75, 3.05) is 0 Å². The Labute approximate surface area is 193 Å². The number of rotatable bonds is 3. The van der Waals surface area contributed by atoms with E-state index in [4.69, 9.17) is 18.9 Å². The van der Waals surface area contributed by atoms with E-state index in [0.29, 0.717) is 33.2 Å². The third-order valence-electron chi connectivity index (χ3n) is 5.61. The molecule has 3 aromatic rings. The van der Waals surface area contributed by atoms with Gasteiger partial charge in [0.25, 0.3) is 0 Å². The van der Waals surface area contributed by atoms with Crippen LogP contribution in [0.5, 0.6) is 23.0 Å². The van der Waals surface area contributed by atoms with E-state index >= 15 is 0 Å². The summed E-state index contributed by atoms with van der Waals surface area (Å²) in [4.78, 5) is 48.1. The Bertz CT molecular complexity index is 1440. The summed E-state index contributed by atoms with van der Waals surface area (Å²) in [6.45, 7) is 3.81. The number of carbonyl (C=O) groups excluding carboxylic acids is 4. The molecule has 1 spiro atoms. The minimum atomic E-state index is -1.31. The first-order chi connectivity index (χ1) is 16.2. The number of ketones is 1. The van der Waals surface area contributed by atoms with Crippen LogP contribution in [0.15, 0.2) is 54.6 Å². The highest BCUT2D eigenvalue weighted by Gasteiger charge is 2.48. The minimum Gasteiger partial charge on any atom is -0.473 e. The molecule has 0 aromatic heterocycles. The quantitative estimate of drug-likeness (QED) is 0.428. The van der Waals surface area contributed by atoms with Crippen LogP contribution in [0.4, 0.5) is 0 Å². The molecule has 0 fully saturated rings. The lowest BCUT2D eigenvalue weighted by Gasteiger charge is -2.33. The van der Waals surface area contributed by atoms with Gasteiger partial charge >= 0.3 is 17.9 Å². The molecule has 8 nitrogen and oxygen atoms in total. The predicted molar refractivity (Wildman–Crippen MR) is 119 cm³/mol. The second kappa shape index (κ2) is 7.55. The van der Waals surface area contributed by atoms with E-state index in [1.807, 2.05) is 0 Å². The molecule has 2 aliphatic rings. The van der Waals surface area contributed by atoms with E-state index in [0.717, 1.165) is 0 Å². The summed E-state index contributed by atoms with van der Waals surface area (Å²) >= 11 is 0. The average molecular weight is 458 g/mol. The number of hydrogen-bond donors (Lipinski definition) is 0. The first-order valence-corrected chi connectivity index (χ1v) is 10.4. The molecule has 3 aromatic carbocycles. The number of esters is 3. The third kappa shape index (κ3) is 3.14. The minimum absolute atomic E-state index is 0.188. The zero-order valence-corrected chi connectivity index (χ0v) is 18.5. The van der Waals surface area contributed by atoms with Crippen molar-refractivity contribution in [3.8, 4) is 23.0 Å². The van der Waals surface area contributed by atoms with Crippen molar-refractivity contribution in [1.82, 2.24) is 0 Å². The van der Waals surface area contributed by atoms with Crippen molar-refractivity contribution < 1.29 is 38.1 Å². The van der Waals surface area contributed by atoms with Gasteiger partial charge in [-0.1, -0.05) is 12.1 Å². The van der Waals surface area contributed by atoms with Crippen molar-refractivity contribution >= 4 is 34.5 Å². The first-order valence-electron chi connectivity index (χ1n) is 10.4. The molecule has 8 heteroatoms. The summed E-state index contributed by atoms with van der Waals surface area (Å²) < 4.78 is 22.7. The summed E-state index contributed by atoms with van der Waals surface area (Å²) in [5.74, 6) is -0.923. The summed E-state index contributed by atoms with van der Waals surface area (Å²) in [6, 6.07) is 11.3. The van der Waals surface area contributed by atoms with Crippen LogP contribution in [-0.2, 0) is 20.0 Å². The Morgan fingerprint density at radius 2 is 1.38 bits per heavy atom. The number of benzene rings is 3. The van der Waals surface area contributed by atoms with Gasteiger partial charge in [0.05, 0.1) is 10.9 Å². The zero-order valence-electron chi connectivity index (χ0n) is 18.5. The fraction of sp³-hybridized carbons (Fsp3) is 0.154. The molecule has 170 valence electrons. The van der Waals surface area contributed by atoms with Gasteiger partial charge < -0.3 is 18.9 Å². The maximum Gasteiger partial charge on any atom is 0.308 e. The maximum atomic E-state index is 12.7. The van der Waals surface area contributed by atoms with E-state index in [2.05, 4.69) is 0 Å². The smallest absolute Gasteiger partial charge is 0.308 e. The SMILES string of the molecule is CC(=O)Oc1cccc2c1C1(C=CC2=O)Oc2ccc(OC(C)=O)c3c(OC(C)=O)ccc1c23. The van der Waals surface area contributed by atoms with Gasteiger partial charge in [-0.2, -0.15) is 0 Å². The van der Waals surface area contributed by atoms with E-state index < -0.39 is 23.5 Å². The van der Waals surface area contributed by atoms with Crippen LogP contribution in [0.3, 0.4) is 0 Å². The van der Waals surface area contributed by atoms with Crippen molar-refractivity contribution in [2.45, 2.75) is 26.4 Å². The molecule has 1 aliphatic carbocycles. The number of ether oxygens (including phenoxy) is 4. The lowest BCUT2D eigenvalue weighted by Crippen LogP contribution is -2.34. The fourth-order valence-corrected chi connectivity index (χ4v) is 4.54. The highest BCUT2D eigenvalue weighted by atomic mass is 16.6. The van der Waals surface area contributed by atoms with Gasteiger partial charge in [0, 0.05) is 37.3 Å². The van der Waals surface area contributed by atoms with Crippen molar-refractivity contribution in [1.29, 1.82) is 0 Å². The standard InChI is InChI=1S/C26H18O8/c1-13(27)31-19-8-7-17-23-21(10-9-20(24(19)23)32-14(2)28)34-26(17)12-11-18(30)16-5-4-6-22(25(16)26)33-15(3)29/h4-12H,1-3H3. The van der Waals surface area contributed by atoms with Crippen LogP contribution in [0.2, 0.25) is 0 Å². The highest BCUT2D eigenvalue weighted by molar-refractivity contribution is 6.10. The highest BCUT2D eigenvalue weighted by Crippen LogP contribution is 2.56. The van der Waals surface area contributed by atoms with Gasteiger partial charge in [-0.05, 0) is 42.5 Å². The summed E-state index contributed by atoms with van der Waals surface area (Å²) in [7, 11) is 0. The topological polar surface area (TPSA) is 105 Å². The summed E-state index contributed by atoms with van der Waals surface area (Å²) in [6.07, 6.45) is 3.01. The molecule has 0 saturated carbocycles. The second-order valence-electron chi connectivity index (χ2n) is 7.92. The van der Waals surface area contributed by atoms with Crippen LogP contribution < -0.4 is 18.9 Å². The van der Waals surface area contributed by atoms with Crippen molar-refractivity contribution in [3.05, 3.63) is 71.3 Å². The lowest BCUT2D eigenvalue weighted by atomic mass is 9.77. The Hall–Kier alpha value is -4.46. The monoisotopic (exact) mass is 458 g/mol. The van der Waals surface area contributed by atoms with Crippen LogP contribution in [0.1, 0.15) is 42.3 Å². The van der Waals surface area contributed by atoms with Crippen LogP contribution in [0.25, 0.3) is 10.8 Å². The normalized spacial score (nSPS) is 17.3. The van der Waals surface area contributed by atoms with Crippen molar-refractivity contribution in [2.24, 2.45) is 0 Å². The molecule has 0 bridgehead atoms. The van der Waals surface area contributed by atoms with E-state index in [-0.39, 0.29) is 23.0 Å². The van der Waals surface area contributed by atoms with Gasteiger partial charge in [0.15, 0.2) is 11.4 Å². The summed E-state index contributed by atoms with van der Waals surface area (Å²) in [5.41, 5.74) is 0.00221. The zero-order chi connectivity index (χ0) is 24.2. The molecular formula is C26H18O8. The predicted octanol–water partition coefficient (Wildman–Crippen LogP) is 4.00. The van der Waals surface area contributed by atoms with Gasteiger partial charge in [-0.3, -0.25) is 19.2 Å². The molecule has 0 saturated heterocycles. The van der Waals surface area contributed by atoms with Gasteiger partial charge in [0.2, 0.25) is 0 Å². The van der Waals surface area contributed by atoms with E-state index in [9.17, 15) is 19.2 Å². The second-order valence-corrected chi connectivity index (χ2v) is 7.92. The van der Waals surface area contributed by atoms with Crippen LogP contribution in [0, 0.1) is 0 Å². The molecule has 1 atom stereocenters. The molecule has 1 unspecified atom stereocenters. The largest absolute Gasteiger partial charge is 0.473 e. The molecule has 0 amide bonds. The lowest BCUT2D eigenvalue weighted by molar-refractivity contribution is -0.133. The molecule has 5 rings (SSSR count). The van der Waals surface area contributed by atoms with Crippen molar-refractivity contribution in [3.63, 3.8) is 0 Å². The van der Waals surface area contributed by atoms with Crippen LogP contribution in [-0.4, -0.2) is 23.7 Å². The summed E-state index contributed by atoms with van der Waals surface area (Å²) in [5, 5.41) is 0.911. The Balaban J connectivity index is 1.84. The third-order valence-corrected chi connectivity index (χ3v) is 5.61. The Morgan fingerprint density at radius 1 is 0.765 bits per heavy atom. The molecule has 0 N–H and O–H groups in total. The Kier molecular flexibility index (Phi) is 4.75.